The quantitative estimate of drug-likeness (QED) is 0.751. The van der Waals surface area contributed by atoms with E-state index in [4.69, 9.17) is 16.7 Å². The van der Waals surface area contributed by atoms with Gasteiger partial charge in [-0.15, -0.1) is 0 Å². The fourth-order valence-electron chi connectivity index (χ4n) is 1.08. The third kappa shape index (κ3) is 1.35. The molecule has 2 rings (SSSR count). The van der Waals surface area contributed by atoms with Crippen LogP contribution in [-0.2, 0) is 10.0 Å². The number of halogens is 1. The van der Waals surface area contributed by atoms with Crippen LogP contribution in [0.2, 0.25) is 5.15 Å². The van der Waals surface area contributed by atoms with Crippen molar-refractivity contribution in [3.05, 3.63) is 23.5 Å². The molecule has 2 aromatic heterocycles. The van der Waals surface area contributed by atoms with Crippen LogP contribution >= 0.6 is 11.6 Å². The summed E-state index contributed by atoms with van der Waals surface area (Å²) in [6.45, 7) is 0. The molecule has 0 amide bonds. The van der Waals surface area contributed by atoms with Gasteiger partial charge in [-0.25, -0.2) is 18.5 Å². The smallest absolute Gasteiger partial charge is 0.223 e. The Hall–Kier alpha value is -1.18. The van der Waals surface area contributed by atoms with Gasteiger partial charge in [0.25, 0.3) is 10.0 Å². The second kappa shape index (κ2) is 2.91. The first-order valence-electron chi connectivity index (χ1n) is 3.52. The van der Waals surface area contributed by atoms with Gasteiger partial charge < -0.3 is 0 Å². The fourth-order valence-corrected chi connectivity index (χ4v) is 2.23. The molecule has 0 aliphatic carbocycles. The lowest BCUT2D eigenvalue weighted by Crippen LogP contribution is -2.15. The lowest BCUT2D eigenvalue weighted by molar-refractivity contribution is 0.590. The number of primary sulfonamides is 1. The predicted molar refractivity (Wildman–Crippen MR) is 49.4 cm³/mol. The number of hydrogen-bond acceptors (Lipinski definition) is 4. The van der Waals surface area contributed by atoms with Crippen LogP contribution in [0.4, 0.5) is 0 Å². The second-order valence-electron chi connectivity index (χ2n) is 2.55. The molecule has 0 unspecified atom stereocenters. The van der Waals surface area contributed by atoms with E-state index < -0.39 is 10.0 Å². The van der Waals surface area contributed by atoms with Crippen LogP contribution in [0.5, 0.6) is 0 Å². The summed E-state index contributed by atoms with van der Waals surface area (Å²) in [5.74, 6) is 0. The number of fused-ring (bicyclic) bond motifs is 1. The van der Waals surface area contributed by atoms with E-state index in [2.05, 4.69) is 10.1 Å². The lowest BCUT2D eigenvalue weighted by Gasteiger charge is -1.96. The van der Waals surface area contributed by atoms with E-state index >= 15 is 0 Å². The van der Waals surface area contributed by atoms with Gasteiger partial charge in [0.15, 0.2) is 10.8 Å². The maximum Gasteiger partial charge on any atom is 0.258 e. The van der Waals surface area contributed by atoms with Crippen molar-refractivity contribution >= 4 is 27.3 Å². The SMILES string of the molecule is NS(=O)(=O)c1c(Cl)nc2cccnn12. The summed E-state index contributed by atoms with van der Waals surface area (Å²) in [5, 5.41) is 8.26. The topological polar surface area (TPSA) is 90.4 Å². The van der Waals surface area contributed by atoms with Gasteiger partial charge in [0.05, 0.1) is 0 Å². The molecule has 2 heterocycles. The largest absolute Gasteiger partial charge is 0.258 e. The molecule has 0 aliphatic heterocycles. The first kappa shape index (κ1) is 9.38. The van der Waals surface area contributed by atoms with Gasteiger partial charge in [0.2, 0.25) is 5.03 Å². The second-order valence-corrected chi connectivity index (χ2v) is 4.38. The van der Waals surface area contributed by atoms with Gasteiger partial charge >= 0.3 is 0 Å². The summed E-state index contributed by atoms with van der Waals surface area (Å²) >= 11 is 5.62. The zero-order chi connectivity index (χ0) is 10.3. The fraction of sp³-hybridized carbons (Fsp3) is 0. The molecule has 0 fully saturated rings. The molecule has 0 radical (unpaired) electrons. The van der Waals surface area contributed by atoms with E-state index in [1.807, 2.05) is 0 Å². The van der Waals surface area contributed by atoms with Crippen molar-refractivity contribution in [1.29, 1.82) is 0 Å². The number of sulfonamides is 1. The van der Waals surface area contributed by atoms with Gasteiger partial charge in [-0.2, -0.15) is 9.61 Å². The van der Waals surface area contributed by atoms with Crippen molar-refractivity contribution in [2.24, 2.45) is 5.14 Å². The molecule has 0 aliphatic rings. The van der Waals surface area contributed by atoms with Gasteiger partial charge in [-0.1, -0.05) is 11.6 Å². The molecule has 6 nitrogen and oxygen atoms in total. The van der Waals surface area contributed by atoms with Crippen molar-refractivity contribution in [3.8, 4) is 0 Å². The molecule has 0 saturated carbocycles. The van der Waals surface area contributed by atoms with E-state index in [1.54, 1.807) is 12.1 Å². The van der Waals surface area contributed by atoms with Crippen LogP contribution in [-0.4, -0.2) is 23.0 Å². The van der Waals surface area contributed by atoms with Crippen LogP contribution in [0, 0.1) is 0 Å². The maximum absolute atomic E-state index is 11.1. The highest BCUT2D eigenvalue weighted by atomic mass is 35.5. The van der Waals surface area contributed by atoms with Crippen molar-refractivity contribution in [2.75, 3.05) is 0 Å². The van der Waals surface area contributed by atoms with Crippen molar-refractivity contribution in [2.45, 2.75) is 5.03 Å². The summed E-state index contributed by atoms with van der Waals surface area (Å²) in [7, 11) is -3.91. The highest BCUT2D eigenvalue weighted by molar-refractivity contribution is 7.89. The molecule has 0 atom stereocenters. The van der Waals surface area contributed by atoms with Crippen LogP contribution in [0.15, 0.2) is 23.4 Å². The van der Waals surface area contributed by atoms with Crippen LogP contribution in [0.25, 0.3) is 5.65 Å². The monoisotopic (exact) mass is 232 g/mol. The first-order valence-corrected chi connectivity index (χ1v) is 5.44. The van der Waals surface area contributed by atoms with Crippen LogP contribution < -0.4 is 5.14 Å². The molecule has 2 N–H and O–H groups in total. The Balaban J connectivity index is 2.95. The highest BCUT2D eigenvalue weighted by Crippen LogP contribution is 2.19. The molecular formula is C6H5ClN4O2S. The van der Waals surface area contributed by atoms with Crippen LogP contribution in [0.3, 0.4) is 0 Å². The van der Waals surface area contributed by atoms with Crippen molar-refractivity contribution < 1.29 is 8.42 Å². The highest BCUT2D eigenvalue weighted by Gasteiger charge is 2.20. The Morgan fingerprint density at radius 3 is 2.86 bits per heavy atom. The Kier molecular flexibility index (Phi) is 1.95. The van der Waals surface area contributed by atoms with Gasteiger partial charge in [0.1, 0.15) is 0 Å². The molecule has 0 aromatic carbocycles. The molecule has 0 saturated heterocycles. The first-order chi connectivity index (χ1) is 6.50. The standard InChI is InChI=1S/C6H5ClN4O2S/c7-5-6(14(8,12)13)11-4(10-5)2-1-3-9-11/h1-3H,(H2,8,12,13). The van der Waals surface area contributed by atoms with E-state index in [0.29, 0.717) is 5.65 Å². The molecule has 0 spiro atoms. The Morgan fingerprint density at radius 1 is 1.50 bits per heavy atom. The third-order valence-electron chi connectivity index (χ3n) is 1.58. The molecule has 8 heteroatoms. The number of nitrogens with zero attached hydrogens (tertiary/aromatic N) is 3. The Labute approximate surface area is 84.4 Å². The van der Waals surface area contributed by atoms with Gasteiger partial charge in [0, 0.05) is 6.20 Å². The molecule has 74 valence electrons. The lowest BCUT2D eigenvalue weighted by atomic mass is 10.6. The number of nitrogens with two attached hydrogens (primary N) is 1. The normalized spacial score (nSPS) is 12.1. The van der Waals surface area contributed by atoms with Crippen molar-refractivity contribution in [1.82, 2.24) is 14.6 Å². The summed E-state index contributed by atoms with van der Waals surface area (Å²) < 4.78 is 23.3. The maximum atomic E-state index is 11.1. The average molecular weight is 233 g/mol. The third-order valence-corrected chi connectivity index (χ3v) is 2.86. The van der Waals surface area contributed by atoms with E-state index in [1.165, 1.54) is 6.20 Å². The average Bonchev–Trinajstić information content (AvgIpc) is 2.38. The minimum Gasteiger partial charge on any atom is -0.223 e. The Bertz CT molecular complexity index is 591. The van der Waals surface area contributed by atoms with Crippen LogP contribution in [0.1, 0.15) is 0 Å². The zero-order valence-electron chi connectivity index (χ0n) is 6.75. The molecule has 0 bridgehead atoms. The number of aromatic nitrogens is 3. The number of hydrogen-bond donors (Lipinski definition) is 1. The Morgan fingerprint density at radius 2 is 2.21 bits per heavy atom. The summed E-state index contributed by atoms with van der Waals surface area (Å²) in [4.78, 5) is 3.79. The minimum absolute atomic E-state index is 0.175. The zero-order valence-corrected chi connectivity index (χ0v) is 8.33. The van der Waals surface area contributed by atoms with Crippen molar-refractivity contribution in [3.63, 3.8) is 0 Å². The number of imidazole rings is 1. The van der Waals surface area contributed by atoms with Gasteiger partial charge in [-0.3, -0.25) is 0 Å². The number of rotatable bonds is 1. The molecule has 14 heavy (non-hydrogen) atoms. The van der Waals surface area contributed by atoms with E-state index in [0.717, 1.165) is 4.52 Å². The summed E-state index contributed by atoms with van der Waals surface area (Å²) in [5.41, 5.74) is 0.335. The van der Waals surface area contributed by atoms with E-state index in [9.17, 15) is 8.42 Å². The molecular weight excluding hydrogens is 228 g/mol. The minimum atomic E-state index is -3.91. The summed E-state index contributed by atoms with van der Waals surface area (Å²) in [6, 6.07) is 3.19. The van der Waals surface area contributed by atoms with Gasteiger partial charge in [-0.05, 0) is 12.1 Å². The molecule has 2 aromatic rings. The van der Waals surface area contributed by atoms with E-state index in [-0.39, 0.29) is 10.2 Å². The predicted octanol–water partition coefficient (Wildman–Crippen LogP) is 0.0301. The summed E-state index contributed by atoms with van der Waals surface area (Å²) in [6.07, 6.45) is 1.42.